The molecule has 1 N–H and O–H groups in total. The lowest BCUT2D eigenvalue weighted by molar-refractivity contribution is 0.225. The van der Waals surface area contributed by atoms with Gasteiger partial charge in [0.15, 0.2) is 0 Å². The lowest BCUT2D eigenvalue weighted by atomic mass is 9.79. The van der Waals surface area contributed by atoms with Gasteiger partial charge in [-0.1, -0.05) is 26.0 Å². The predicted molar refractivity (Wildman–Crippen MR) is 86.2 cm³/mol. The zero-order valence-electron chi connectivity index (χ0n) is 13.2. The number of fused-ring (bicyclic) bond motifs is 1. The van der Waals surface area contributed by atoms with Crippen LogP contribution in [0.25, 0.3) is 0 Å². The summed E-state index contributed by atoms with van der Waals surface area (Å²) in [7, 11) is 2.19. The van der Waals surface area contributed by atoms with Crippen LogP contribution in [0, 0.1) is 11.8 Å². The van der Waals surface area contributed by atoms with Crippen LogP contribution in [0.5, 0.6) is 0 Å². The standard InChI is InChI=1S/C18H28N2/c1-13-4-6-17(10-14(13)2)19-12-15-5-7-18-16(11-15)8-9-20(18)3/h5,7,11,13-14,17,19H,4,6,8-10,12H2,1-3H3. The van der Waals surface area contributed by atoms with Gasteiger partial charge in [-0.3, -0.25) is 0 Å². The molecule has 2 aliphatic rings. The van der Waals surface area contributed by atoms with E-state index in [4.69, 9.17) is 0 Å². The lowest BCUT2D eigenvalue weighted by Gasteiger charge is -2.32. The fraction of sp³-hybridized carbons (Fsp3) is 0.667. The molecule has 1 fully saturated rings. The molecule has 1 aliphatic heterocycles. The number of hydrogen-bond acceptors (Lipinski definition) is 2. The van der Waals surface area contributed by atoms with Crippen LogP contribution in [0.4, 0.5) is 5.69 Å². The maximum absolute atomic E-state index is 3.78. The zero-order valence-corrected chi connectivity index (χ0v) is 13.2. The van der Waals surface area contributed by atoms with Gasteiger partial charge < -0.3 is 10.2 Å². The maximum Gasteiger partial charge on any atom is 0.0397 e. The Labute approximate surface area is 123 Å². The highest BCUT2D eigenvalue weighted by Gasteiger charge is 2.24. The van der Waals surface area contributed by atoms with Gasteiger partial charge in [-0.05, 0) is 54.7 Å². The van der Waals surface area contributed by atoms with Crippen molar-refractivity contribution in [1.82, 2.24) is 5.32 Å². The molecule has 1 aromatic rings. The highest BCUT2D eigenvalue weighted by atomic mass is 15.1. The molecule has 3 unspecified atom stereocenters. The molecule has 0 radical (unpaired) electrons. The molecule has 0 bridgehead atoms. The Balaban J connectivity index is 1.57. The Bertz CT molecular complexity index is 468. The maximum atomic E-state index is 3.78. The topological polar surface area (TPSA) is 15.3 Å². The molecule has 0 amide bonds. The van der Waals surface area contributed by atoms with Crippen molar-refractivity contribution in [3.05, 3.63) is 29.3 Å². The van der Waals surface area contributed by atoms with Crippen LogP contribution in [-0.2, 0) is 13.0 Å². The second kappa shape index (κ2) is 5.77. The molecule has 1 aliphatic carbocycles. The first-order valence-corrected chi connectivity index (χ1v) is 8.20. The van der Waals surface area contributed by atoms with Crippen LogP contribution in [0.3, 0.4) is 0 Å². The SMILES string of the molecule is CC1CCC(NCc2ccc3c(c2)CCN3C)CC1C. The van der Waals surface area contributed by atoms with Crippen LogP contribution in [0.15, 0.2) is 18.2 Å². The first-order valence-electron chi connectivity index (χ1n) is 8.20. The average molecular weight is 272 g/mol. The van der Waals surface area contributed by atoms with Crippen molar-refractivity contribution < 1.29 is 0 Å². The van der Waals surface area contributed by atoms with Gasteiger partial charge in [0.05, 0.1) is 0 Å². The molecule has 2 nitrogen and oxygen atoms in total. The molecule has 1 saturated carbocycles. The second-order valence-electron chi connectivity index (χ2n) is 6.98. The van der Waals surface area contributed by atoms with Crippen LogP contribution in [0.2, 0.25) is 0 Å². The van der Waals surface area contributed by atoms with Crippen LogP contribution in [0.1, 0.15) is 44.2 Å². The highest BCUT2D eigenvalue weighted by Crippen LogP contribution is 2.30. The fourth-order valence-electron chi connectivity index (χ4n) is 3.73. The number of nitrogens with one attached hydrogen (secondary N) is 1. The van der Waals surface area contributed by atoms with E-state index in [1.54, 1.807) is 0 Å². The van der Waals surface area contributed by atoms with Gasteiger partial charge in [-0.2, -0.15) is 0 Å². The minimum Gasteiger partial charge on any atom is -0.374 e. The lowest BCUT2D eigenvalue weighted by Crippen LogP contribution is -2.35. The molecule has 2 heteroatoms. The summed E-state index contributed by atoms with van der Waals surface area (Å²) in [6.07, 6.45) is 5.28. The molecule has 110 valence electrons. The molecule has 3 rings (SSSR count). The summed E-state index contributed by atoms with van der Waals surface area (Å²) in [5, 5.41) is 3.78. The quantitative estimate of drug-likeness (QED) is 0.904. The summed E-state index contributed by atoms with van der Waals surface area (Å²) in [5.41, 5.74) is 4.40. The van der Waals surface area contributed by atoms with Crippen molar-refractivity contribution in [2.45, 2.75) is 52.1 Å². The van der Waals surface area contributed by atoms with Crippen LogP contribution in [-0.4, -0.2) is 19.6 Å². The van der Waals surface area contributed by atoms with E-state index in [0.717, 1.165) is 24.4 Å². The minimum absolute atomic E-state index is 0.720. The van der Waals surface area contributed by atoms with E-state index >= 15 is 0 Å². The monoisotopic (exact) mass is 272 g/mol. The van der Waals surface area contributed by atoms with Gasteiger partial charge in [0.2, 0.25) is 0 Å². The molecular weight excluding hydrogens is 244 g/mol. The highest BCUT2D eigenvalue weighted by molar-refractivity contribution is 5.58. The summed E-state index contributed by atoms with van der Waals surface area (Å²) in [5.74, 6) is 1.78. The Morgan fingerprint density at radius 1 is 1.20 bits per heavy atom. The third-order valence-electron chi connectivity index (χ3n) is 5.46. The van der Waals surface area contributed by atoms with E-state index in [-0.39, 0.29) is 0 Å². The van der Waals surface area contributed by atoms with E-state index in [0.29, 0.717) is 0 Å². The molecule has 0 saturated heterocycles. The molecule has 0 aromatic heterocycles. The normalized spacial score (nSPS) is 29.6. The first kappa shape index (κ1) is 13.9. The minimum atomic E-state index is 0.720. The molecule has 1 heterocycles. The Kier molecular flexibility index (Phi) is 4.02. The third kappa shape index (κ3) is 2.85. The van der Waals surface area contributed by atoms with Gasteiger partial charge in [0, 0.05) is 31.9 Å². The molecular formula is C18H28N2. The van der Waals surface area contributed by atoms with Gasteiger partial charge >= 0.3 is 0 Å². The summed E-state index contributed by atoms with van der Waals surface area (Å²) in [6, 6.07) is 7.71. The van der Waals surface area contributed by atoms with E-state index in [1.807, 2.05) is 0 Å². The Morgan fingerprint density at radius 3 is 2.85 bits per heavy atom. The fourth-order valence-corrected chi connectivity index (χ4v) is 3.73. The molecule has 1 aromatic carbocycles. The summed E-state index contributed by atoms with van der Waals surface area (Å²) in [4.78, 5) is 2.36. The van der Waals surface area contributed by atoms with E-state index in [9.17, 15) is 0 Å². The van der Waals surface area contributed by atoms with Crippen molar-refractivity contribution in [1.29, 1.82) is 0 Å². The van der Waals surface area contributed by atoms with Crippen molar-refractivity contribution in [2.24, 2.45) is 11.8 Å². The van der Waals surface area contributed by atoms with E-state index in [2.05, 4.69) is 49.3 Å². The van der Waals surface area contributed by atoms with E-state index in [1.165, 1.54) is 49.0 Å². The number of likely N-dealkylation sites (N-methyl/N-ethyl adjacent to an activating group) is 1. The average Bonchev–Trinajstić information content (AvgIpc) is 2.81. The molecule has 3 atom stereocenters. The summed E-state index contributed by atoms with van der Waals surface area (Å²) >= 11 is 0. The van der Waals surface area contributed by atoms with Crippen molar-refractivity contribution >= 4 is 5.69 Å². The van der Waals surface area contributed by atoms with Gasteiger partial charge in [0.25, 0.3) is 0 Å². The number of nitrogens with zero attached hydrogens (tertiary/aromatic N) is 1. The van der Waals surface area contributed by atoms with Gasteiger partial charge in [-0.25, -0.2) is 0 Å². The number of benzene rings is 1. The third-order valence-corrected chi connectivity index (χ3v) is 5.46. The smallest absolute Gasteiger partial charge is 0.0397 e. The van der Waals surface area contributed by atoms with Crippen molar-refractivity contribution in [3.63, 3.8) is 0 Å². The first-order chi connectivity index (χ1) is 9.63. The Morgan fingerprint density at radius 2 is 2.05 bits per heavy atom. The van der Waals surface area contributed by atoms with Crippen LogP contribution < -0.4 is 10.2 Å². The largest absolute Gasteiger partial charge is 0.374 e. The molecule has 20 heavy (non-hydrogen) atoms. The molecule has 0 spiro atoms. The van der Waals surface area contributed by atoms with Gasteiger partial charge in [0.1, 0.15) is 0 Å². The number of anilines is 1. The summed E-state index contributed by atoms with van der Waals surface area (Å²) in [6.45, 7) is 7.01. The number of rotatable bonds is 3. The van der Waals surface area contributed by atoms with Crippen molar-refractivity contribution in [2.75, 3.05) is 18.5 Å². The second-order valence-corrected chi connectivity index (χ2v) is 6.98. The van der Waals surface area contributed by atoms with Crippen LogP contribution >= 0.6 is 0 Å². The van der Waals surface area contributed by atoms with Gasteiger partial charge in [-0.15, -0.1) is 0 Å². The van der Waals surface area contributed by atoms with Crippen molar-refractivity contribution in [3.8, 4) is 0 Å². The van der Waals surface area contributed by atoms with E-state index < -0.39 is 0 Å². The predicted octanol–water partition coefficient (Wildman–Crippen LogP) is 3.59. The Hall–Kier alpha value is -1.02. The number of hydrogen-bond donors (Lipinski definition) is 1. The summed E-state index contributed by atoms with van der Waals surface area (Å²) < 4.78 is 0. The zero-order chi connectivity index (χ0) is 14.1.